The van der Waals surface area contributed by atoms with Gasteiger partial charge in [0, 0.05) is 12.1 Å². The van der Waals surface area contributed by atoms with Crippen LogP contribution in [-0.2, 0) is 11.3 Å². The molecule has 0 bridgehead atoms. The molecule has 1 aromatic rings. The van der Waals surface area contributed by atoms with Crippen LogP contribution in [0.3, 0.4) is 0 Å². The largest absolute Gasteiger partial charge is 0.350 e. The number of nitrogens with zero attached hydrogens (tertiary/aromatic N) is 2. The molecular weight excluding hydrogens is 228 g/mol. The first-order valence-electron chi connectivity index (χ1n) is 6.53. The number of hydrogen-bond acceptors (Lipinski definition) is 4. The van der Waals surface area contributed by atoms with Gasteiger partial charge in [-0.05, 0) is 43.8 Å². The van der Waals surface area contributed by atoms with Gasteiger partial charge < -0.3 is 10.6 Å². The molecule has 1 saturated carbocycles. The van der Waals surface area contributed by atoms with Crippen molar-refractivity contribution in [3.63, 3.8) is 0 Å². The summed E-state index contributed by atoms with van der Waals surface area (Å²) in [6.45, 7) is 2.61. The number of carbonyl (C=O) groups excluding carboxylic acids is 1. The Kier molecular flexibility index (Phi) is 2.99. The second kappa shape index (κ2) is 4.65. The fraction of sp³-hybridized carbons (Fsp3) is 0.615. The summed E-state index contributed by atoms with van der Waals surface area (Å²) in [5.74, 6) is 0.414. The number of carbonyl (C=O) groups is 1. The Morgan fingerprint density at radius 1 is 1.50 bits per heavy atom. The van der Waals surface area contributed by atoms with Gasteiger partial charge in [-0.1, -0.05) is 0 Å². The van der Waals surface area contributed by atoms with Gasteiger partial charge in [-0.2, -0.15) is 0 Å². The second-order valence-electron chi connectivity index (χ2n) is 5.29. The highest BCUT2D eigenvalue weighted by Crippen LogP contribution is 2.58. The zero-order chi connectivity index (χ0) is 12.4. The van der Waals surface area contributed by atoms with Crippen molar-refractivity contribution in [3.05, 3.63) is 24.3 Å². The Hall–Kier alpha value is -1.49. The molecule has 0 radical (unpaired) electrons. The summed E-state index contributed by atoms with van der Waals surface area (Å²) >= 11 is 0. The van der Waals surface area contributed by atoms with E-state index in [1.54, 1.807) is 6.20 Å². The molecule has 1 saturated heterocycles. The topological polar surface area (TPSA) is 66.9 Å². The molecule has 5 heteroatoms. The third-order valence-electron chi connectivity index (χ3n) is 4.19. The first-order valence-corrected chi connectivity index (χ1v) is 6.53. The summed E-state index contributed by atoms with van der Waals surface area (Å²) in [6.07, 6.45) is 6.54. The monoisotopic (exact) mass is 246 g/mol. The van der Waals surface area contributed by atoms with Crippen LogP contribution in [0.2, 0.25) is 0 Å². The Bertz CT molecular complexity index is 428. The lowest BCUT2D eigenvalue weighted by Crippen LogP contribution is -2.33. The summed E-state index contributed by atoms with van der Waals surface area (Å²) in [5, 5.41) is 6.33. The molecule has 5 nitrogen and oxygen atoms in total. The fourth-order valence-electron chi connectivity index (χ4n) is 2.92. The molecule has 0 aromatic carbocycles. The van der Waals surface area contributed by atoms with E-state index < -0.39 is 0 Å². The molecule has 2 heterocycles. The van der Waals surface area contributed by atoms with E-state index in [-0.39, 0.29) is 11.8 Å². The summed E-state index contributed by atoms with van der Waals surface area (Å²) in [4.78, 5) is 20.0. The van der Waals surface area contributed by atoms with Crippen molar-refractivity contribution in [2.24, 2.45) is 11.3 Å². The predicted octanol–water partition coefficient (Wildman–Crippen LogP) is 0.482. The average Bonchev–Trinajstić information content (AvgIpc) is 3.12. The molecule has 96 valence electrons. The van der Waals surface area contributed by atoms with Gasteiger partial charge >= 0.3 is 0 Å². The van der Waals surface area contributed by atoms with Crippen molar-refractivity contribution in [2.75, 3.05) is 13.1 Å². The Morgan fingerprint density at radius 2 is 2.33 bits per heavy atom. The SMILES string of the molecule is O=C(NCc1ccncn1)C1CC12CCNCC2. The lowest BCUT2D eigenvalue weighted by atomic mass is 9.92. The molecule has 2 fully saturated rings. The molecular formula is C13H18N4O. The molecule has 1 aromatic heterocycles. The van der Waals surface area contributed by atoms with Crippen molar-refractivity contribution in [2.45, 2.75) is 25.8 Å². The number of hydrogen-bond donors (Lipinski definition) is 2. The lowest BCUT2D eigenvalue weighted by molar-refractivity contribution is -0.123. The molecule has 3 rings (SSSR count). The van der Waals surface area contributed by atoms with Crippen LogP contribution in [0.5, 0.6) is 0 Å². The Balaban J connectivity index is 1.51. The zero-order valence-electron chi connectivity index (χ0n) is 10.4. The predicted molar refractivity (Wildman–Crippen MR) is 66.5 cm³/mol. The van der Waals surface area contributed by atoms with E-state index in [1.807, 2.05) is 6.07 Å². The zero-order valence-corrected chi connectivity index (χ0v) is 10.4. The first-order chi connectivity index (χ1) is 8.80. The molecule has 1 spiro atoms. The molecule has 18 heavy (non-hydrogen) atoms. The van der Waals surface area contributed by atoms with E-state index in [1.165, 1.54) is 6.33 Å². The first kappa shape index (κ1) is 11.6. The maximum atomic E-state index is 12.1. The summed E-state index contributed by atoms with van der Waals surface area (Å²) < 4.78 is 0. The fourth-order valence-corrected chi connectivity index (χ4v) is 2.92. The van der Waals surface area contributed by atoms with E-state index in [0.717, 1.165) is 38.0 Å². The van der Waals surface area contributed by atoms with Gasteiger partial charge in [0.2, 0.25) is 5.91 Å². The molecule has 1 aliphatic carbocycles. The number of amides is 1. The number of aromatic nitrogens is 2. The van der Waals surface area contributed by atoms with Gasteiger partial charge in [0.1, 0.15) is 6.33 Å². The van der Waals surface area contributed by atoms with Crippen molar-refractivity contribution >= 4 is 5.91 Å². The summed E-state index contributed by atoms with van der Waals surface area (Å²) in [6, 6.07) is 1.83. The highest BCUT2D eigenvalue weighted by molar-refractivity contribution is 5.82. The molecule has 1 atom stereocenters. The van der Waals surface area contributed by atoms with E-state index in [2.05, 4.69) is 20.6 Å². The normalized spacial score (nSPS) is 24.8. The van der Waals surface area contributed by atoms with Gasteiger partial charge in [0.15, 0.2) is 0 Å². The van der Waals surface area contributed by atoms with Crippen molar-refractivity contribution in [1.29, 1.82) is 0 Å². The van der Waals surface area contributed by atoms with Crippen LogP contribution in [0.15, 0.2) is 18.6 Å². The Labute approximate surface area is 106 Å². The highest BCUT2D eigenvalue weighted by atomic mass is 16.2. The third kappa shape index (κ3) is 2.22. The van der Waals surface area contributed by atoms with Crippen LogP contribution in [-0.4, -0.2) is 29.0 Å². The second-order valence-corrected chi connectivity index (χ2v) is 5.29. The van der Waals surface area contributed by atoms with Crippen LogP contribution < -0.4 is 10.6 Å². The minimum absolute atomic E-state index is 0.190. The number of piperidine rings is 1. The molecule has 1 amide bonds. The molecule has 2 N–H and O–H groups in total. The summed E-state index contributed by atoms with van der Waals surface area (Å²) in [7, 11) is 0. The van der Waals surface area contributed by atoms with Crippen molar-refractivity contribution < 1.29 is 4.79 Å². The van der Waals surface area contributed by atoms with Crippen LogP contribution in [0.25, 0.3) is 0 Å². The van der Waals surface area contributed by atoms with Crippen molar-refractivity contribution in [1.82, 2.24) is 20.6 Å². The van der Waals surface area contributed by atoms with Crippen LogP contribution >= 0.6 is 0 Å². The number of rotatable bonds is 3. The minimum atomic E-state index is 0.190. The maximum absolute atomic E-state index is 12.1. The van der Waals surface area contributed by atoms with Crippen LogP contribution in [0, 0.1) is 11.3 Å². The van der Waals surface area contributed by atoms with Gasteiger partial charge in [0.05, 0.1) is 12.2 Å². The Morgan fingerprint density at radius 3 is 3.06 bits per heavy atom. The third-order valence-corrected chi connectivity index (χ3v) is 4.19. The van der Waals surface area contributed by atoms with Crippen LogP contribution in [0.1, 0.15) is 25.0 Å². The maximum Gasteiger partial charge on any atom is 0.224 e. The minimum Gasteiger partial charge on any atom is -0.350 e. The molecule has 1 unspecified atom stereocenters. The standard InChI is InChI=1S/C13H18N4O/c18-12(16-8-10-1-4-15-9-17-10)11-7-13(11)2-5-14-6-3-13/h1,4,9,11,14H,2-3,5-8H2,(H,16,18). The quantitative estimate of drug-likeness (QED) is 0.814. The van der Waals surface area contributed by atoms with Gasteiger partial charge in [-0.3, -0.25) is 4.79 Å². The molecule has 1 aliphatic heterocycles. The van der Waals surface area contributed by atoms with Gasteiger partial charge in [-0.25, -0.2) is 9.97 Å². The van der Waals surface area contributed by atoms with Crippen molar-refractivity contribution in [3.8, 4) is 0 Å². The lowest BCUT2D eigenvalue weighted by Gasteiger charge is -2.23. The molecule has 2 aliphatic rings. The van der Waals surface area contributed by atoms with Crippen LogP contribution in [0.4, 0.5) is 0 Å². The van der Waals surface area contributed by atoms with Gasteiger partial charge in [-0.15, -0.1) is 0 Å². The smallest absolute Gasteiger partial charge is 0.224 e. The highest BCUT2D eigenvalue weighted by Gasteiger charge is 2.57. The van der Waals surface area contributed by atoms with E-state index in [9.17, 15) is 4.79 Å². The van der Waals surface area contributed by atoms with E-state index >= 15 is 0 Å². The van der Waals surface area contributed by atoms with Gasteiger partial charge in [0.25, 0.3) is 0 Å². The average molecular weight is 246 g/mol. The summed E-state index contributed by atoms with van der Waals surface area (Å²) in [5.41, 5.74) is 1.17. The van der Waals surface area contributed by atoms with E-state index in [0.29, 0.717) is 12.0 Å². The van der Waals surface area contributed by atoms with E-state index in [4.69, 9.17) is 0 Å². The number of nitrogens with one attached hydrogen (secondary N) is 2.